The molecule has 1 amide bonds. The number of aromatic nitrogens is 2. The Bertz CT molecular complexity index is 1740. The Hall–Kier alpha value is -4.26. The first-order chi connectivity index (χ1) is 19.4. The molecule has 2 N–H and O–H groups in total. The largest absolute Gasteiger partial charge is 0.437 e. The summed E-state index contributed by atoms with van der Waals surface area (Å²) in [5, 5.41) is 19.2. The summed E-state index contributed by atoms with van der Waals surface area (Å²) in [7, 11) is -4.24. The number of sulfonamides is 1. The Balaban J connectivity index is 1.85. The zero-order valence-corrected chi connectivity index (χ0v) is 24.3. The second-order valence-electron chi connectivity index (χ2n) is 9.41. The zero-order chi connectivity index (χ0) is 29.9. The van der Waals surface area contributed by atoms with Gasteiger partial charge in [-0.15, -0.1) is 0 Å². The minimum Gasteiger partial charge on any atom is -0.437 e. The van der Waals surface area contributed by atoms with Crippen molar-refractivity contribution in [3.8, 4) is 17.3 Å². The smallest absolute Gasteiger partial charge is 0.276 e. The fourth-order valence-corrected chi connectivity index (χ4v) is 5.59. The molecule has 4 aromatic rings. The maximum absolute atomic E-state index is 13.3. The number of rotatable bonds is 10. The first-order valence-corrected chi connectivity index (χ1v) is 14.5. The van der Waals surface area contributed by atoms with Crippen LogP contribution in [0.3, 0.4) is 0 Å². The first-order valence-electron chi connectivity index (χ1n) is 12.6. The molecular weight excluding hydrogens is 570 g/mol. The van der Waals surface area contributed by atoms with Crippen molar-refractivity contribution in [2.75, 3.05) is 5.32 Å². The second kappa shape index (κ2) is 12.1. The third kappa shape index (κ3) is 6.73. The van der Waals surface area contributed by atoms with Gasteiger partial charge in [0.1, 0.15) is 10.6 Å². The van der Waals surface area contributed by atoms with Crippen molar-refractivity contribution >= 4 is 38.9 Å². The summed E-state index contributed by atoms with van der Waals surface area (Å²) < 4.78 is 36.6. The van der Waals surface area contributed by atoms with Gasteiger partial charge in [-0.2, -0.15) is 9.78 Å². The molecule has 0 aliphatic rings. The lowest BCUT2D eigenvalue weighted by Crippen LogP contribution is -2.32. The molecule has 1 heterocycles. The van der Waals surface area contributed by atoms with Gasteiger partial charge in [0.15, 0.2) is 5.69 Å². The quantitative estimate of drug-likeness (QED) is 0.164. The van der Waals surface area contributed by atoms with Crippen LogP contribution < -0.4 is 14.8 Å². The molecule has 0 aliphatic carbocycles. The van der Waals surface area contributed by atoms with Gasteiger partial charge in [-0.3, -0.25) is 14.9 Å². The number of benzene rings is 3. The summed E-state index contributed by atoms with van der Waals surface area (Å²) >= 11 is 6.22. The predicted molar refractivity (Wildman–Crippen MR) is 156 cm³/mol. The Morgan fingerprint density at radius 3 is 2.51 bits per heavy atom. The van der Waals surface area contributed by atoms with Crippen LogP contribution in [0, 0.1) is 24.0 Å². The van der Waals surface area contributed by atoms with Crippen molar-refractivity contribution < 1.29 is 22.9 Å². The van der Waals surface area contributed by atoms with Gasteiger partial charge in [-0.05, 0) is 69.2 Å². The molecule has 1 aromatic heterocycles. The number of anilines is 1. The number of carbonyl (C=O) groups is 1. The number of nitro benzene ring substituents is 1. The first kappa shape index (κ1) is 29.7. The van der Waals surface area contributed by atoms with Gasteiger partial charge >= 0.3 is 0 Å². The molecule has 4 rings (SSSR count). The summed E-state index contributed by atoms with van der Waals surface area (Å²) in [6.07, 6.45) is 0.490. The SMILES string of the molecule is CCC(C)NS(=O)(=O)c1cc([N+](=O)[O-])ccc1Oc1c(C)c(C(=O)Nc2cccc(C)c2)nn1-c1cccc(Cl)c1. The Morgan fingerprint density at radius 2 is 1.85 bits per heavy atom. The van der Waals surface area contributed by atoms with Gasteiger partial charge in [-0.25, -0.2) is 13.1 Å². The Labute approximate surface area is 242 Å². The average molecular weight is 598 g/mol. The van der Waals surface area contributed by atoms with Crippen LogP contribution in [0.15, 0.2) is 71.6 Å². The van der Waals surface area contributed by atoms with Crippen molar-refractivity contribution in [3.63, 3.8) is 0 Å². The molecule has 0 saturated carbocycles. The molecule has 1 atom stereocenters. The number of carbonyl (C=O) groups excluding carboxylic acids is 1. The molecule has 0 fully saturated rings. The maximum Gasteiger partial charge on any atom is 0.276 e. The second-order valence-corrected chi connectivity index (χ2v) is 11.5. The summed E-state index contributed by atoms with van der Waals surface area (Å²) in [6, 6.07) is 16.7. The number of ether oxygens (including phenoxy) is 1. The van der Waals surface area contributed by atoms with Crippen molar-refractivity contribution in [3.05, 3.63) is 98.7 Å². The average Bonchev–Trinajstić information content (AvgIpc) is 3.24. The topological polar surface area (TPSA) is 145 Å². The number of non-ortho nitro benzene ring substituents is 1. The highest BCUT2D eigenvalue weighted by Crippen LogP contribution is 2.36. The minimum absolute atomic E-state index is 0.0190. The van der Waals surface area contributed by atoms with Crippen LogP contribution in [-0.2, 0) is 10.0 Å². The van der Waals surface area contributed by atoms with E-state index in [1.165, 1.54) is 10.7 Å². The summed E-state index contributed by atoms with van der Waals surface area (Å²) in [5.74, 6) is -0.687. The fraction of sp³-hybridized carbons (Fsp3) is 0.214. The fourth-order valence-electron chi connectivity index (χ4n) is 3.93. The van der Waals surface area contributed by atoms with Crippen LogP contribution in [0.4, 0.5) is 11.4 Å². The van der Waals surface area contributed by atoms with Gasteiger partial charge in [0.05, 0.1) is 10.6 Å². The van der Waals surface area contributed by atoms with E-state index in [0.29, 0.717) is 28.4 Å². The summed E-state index contributed by atoms with van der Waals surface area (Å²) in [6.45, 7) is 6.97. The molecule has 41 heavy (non-hydrogen) atoms. The molecule has 214 valence electrons. The van der Waals surface area contributed by atoms with Gasteiger partial charge in [0.25, 0.3) is 11.6 Å². The summed E-state index contributed by atoms with van der Waals surface area (Å²) in [5.41, 5.74) is 1.84. The highest BCUT2D eigenvalue weighted by atomic mass is 35.5. The number of halogens is 1. The third-order valence-electron chi connectivity index (χ3n) is 6.22. The molecule has 0 saturated heterocycles. The number of amides is 1. The van der Waals surface area contributed by atoms with E-state index in [1.807, 2.05) is 13.0 Å². The van der Waals surface area contributed by atoms with Crippen LogP contribution in [0.2, 0.25) is 5.02 Å². The van der Waals surface area contributed by atoms with E-state index < -0.39 is 37.5 Å². The lowest BCUT2D eigenvalue weighted by atomic mass is 10.2. The highest BCUT2D eigenvalue weighted by Gasteiger charge is 2.28. The van der Waals surface area contributed by atoms with Crippen molar-refractivity contribution in [2.24, 2.45) is 0 Å². The number of aryl methyl sites for hydroxylation is 1. The molecule has 0 spiro atoms. The molecule has 13 heteroatoms. The zero-order valence-electron chi connectivity index (χ0n) is 22.7. The van der Waals surface area contributed by atoms with Crippen LogP contribution >= 0.6 is 11.6 Å². The van der Waals surface area contributed by atoms with Crippen LogP contribution in [0.25, 0.3) is 5.69 Å². The minimum atomic E-state index is -4.24. The highest BCUT2D eigenvalue weighted by molar-refractivity contribution is 7.89. The van der Waals surface area contributed by atoms with Crippen LogP contribution in [0.1, 0.15) is 41.9 Å². The lowest BCUT2D eigenvalue weighted by molar-refractivity contribution is -0.385. The van der Waals surface area contributed by atoms with E-state index in [1.54, 1.807) is 63.2 Å². The maximum atomic E-state index is 13.3. The third-order valence-corrected chi connectivity index (χ3v) is 8.06. The standard InChI is InChI=1S/C28H28ClN5O6S/c1-5-18(3)32-41(38,39)25-16-23(34(36)37)12-13-24(25)40-28-19(4)26(27(35)30-21-10-6-8-17(2)14-21)31-33(28)22-11-7-9-20(29)15-22/h6-16,18,32H,5H2,1-4H3,(H,30,35). The lowest BCUT2D eigenvalue weighted by Gasteiger charge is -2.16. The monoisotopic (exact) mass is 597 g/mol. The molecule has 3 aromatic carbocycles. The van der Waals surface area contributed by atoms with Crippen LogP contribution in [-0.4, -0.2) is 35.1 Å². The molecular formula is C28H28ClN5O6S. The number of nitrogens with one attached hydrogen (secondary N) is 2. The van der Waals surface area contributed by atoms with Gasteiger partial charge in [0, 0.05) is 34.4 Å². The van der Waals surface area contributed by atoms with E-state index in [0.717, 1.165) is 17.7 Å². The Kier molecular flexibility index (Phi) is 8.76. The molecule has 0 bridgehead atoms. The van der Waals surface area contributed by atoms with E-state index >= 15 is 0 Å². The molecule has 1 unspecified atom stereocenters. The predicted octanol–water partition coefficient (Wildman–Crippen LogP) is 6.17. The van der Waals surface area contributed by atoms with E-state index in [4.69, 9.17) is 16.3 Å². The molecule has 0 aliphatic heterocycles. The van der Waals surface area contributed by atoms with E-state index in [-0.39, 0.29) is 17.3 Å². The number of hydrogen-bond acceptors (Lipinski definition) is 7. The van der Waals surface area contributed by atoms with E-state index in [2.05, 4.69) is 15.1 Å². The number of hydrogen-bond donors (Lipinski definition) is 2. The molecule has 11 nitrogen and oxygen atoms in total. The van der Waals surface area contributed by atoms with Crippen molar-refractivity contribution in [2.45, 2.75) is 45.1 Å². The number of nitrogens with zero attached hydrogens (tertiary/aromatic N) is 3. The summed E-state index contributed by atoms with van der Waals surface area (Å²) in [4.78, 5) is 23.7. The van der Waals surface area contributed by atoms with E-state index in [9.17, 15) is 23.3 Å². The van der Waals surface area contributed by atoms with Crippen molar-refractivity contribution in [1.82, 2.24) is 14.5 Å². The number of nitro groups is 1. The van der Waals surface area contributed by atoms with Gasteiger partial charge in [0.2, 0.25) is 15.9 Å². The normalized spacial score (nSPS) is 12.1. The van der Waals surface area contributed by atoms with Crippen molar-refractivity contribution in [1.29, 1.82) is 0 Å². The molecule has 0 radical (unpaired) electrons. The van der Waals surface area contributed by atoms with Crippen LogP contribution in [0.5, 0.6) is 11.6 Å². The van der Waals surface area contributed by atoms with Gasteiger partial charge in [-0.1, -0.05) is 36.7 Å². The Morgan fingerprint density at radius 1 is 1.12 bits per heavy atom. The van der Waals surface area contributed by atoms with Gasteiger partial charge < -0.3 is 10.1 Å².